The van der Waals surface area contributed by atoms with E-state index in [1.807, 2.05) is 12.1 Å². The highest BCUT2D eigenvalue weighted by molar-refractivity contribution is 5.39. The highest BCUT2D eigenvalue weighted by atomic mass is 15.1. The zero-order valence-electron chi connectivity index (χ0n) is 11.8. The Labute approximate surface area is 106 Å². The van der Waals surface area contributed by atoms with Crippen molar-refractivity contribution in [3.8, 4) is 0 Å². The van der Waals surface area contributed by atoms with Gasteiger partial charge in [0.2, 0.25) is 0 Å². The van der Waals surface area contributed by atoms with Crippen molar-refractivity contribution in [1.82, 2.24) is 4.90 Å². The maximum absolute atomic E-state index is 5.68. The van der Waals surface area contributed by atoms with E-state index >= 15 is 0 Å². The van der Waals surface area contributed by atoms with Crippen LogP contribution in [0.25, 0.3) is 0 Å². The lowest BCUT2D eigenvalue weighted by Gasteiger charge is -2.35. The smallest absolute Gasteiger partial charge is 0.0314 e. The molecule has 0 fully saturated rings. The molecule has 1 aromatic carbocycles. The Morgan fingerprint density at radius 2 is 1.71 bits per heavy atom. The molecule has 2 heteroatoms. The molecular weight excluding hydrogens is 208 g/mol. The van der Waals surface area contributed by atoms with Crippen molar-refractivity contribution in [2.75, 3.05) is 19.3 Å². The second-order valence-corrected chi connectivity index (χ2v) is 6.01. The molecule has 17 heavy (non-hydrogen) atoms. The number of anilines is 1. The standard InChI is InChI=1S/C15H26N2/c1-12(15(2,3)4)17(5)11-10-13-6-8-14(16)9-7-13/h6-9,12H,10-11,16H2,1-5H3. The fraction of sp³-hybridized carbons (Fsp3) is 0.600. The van der Waals surface area contributed by atoms with Crippen LogP contribution in [-0.4, -0.2) is 24.5 Å². The molecule has 1 unspecified atom stereocenters. The Bertz CT molecular complexity index is 335. The summed E-state index contributed by atoms with van der Waals surface area (Å²) < 4.78 is 0. The molecule has 0 aliphatic carbocycles. The van der Waals surface area contributed by atoms with Crippen molar-refractivity contribution < 1.29 is 0 Å². The largest absolute Gasteiger partial charge is 0.399 e. The maximum atomic E-state index is 5.68. The first-order valence-corrected chi connectivity index (χ1v) is 6.35. The highest BCUT2D eigenvalue weighted by Gasteiger charge is 2.23. The van der Waals surface area contributed by atoms with Crippen LogP contribution in [0.4, 0.5) is 5.69 Å². The maximum Gasteiger partial charge on any atom is 0.0314 e. The van der Waals surface area contributed by atoms with Gasteiger partial charge in [-0.3, -0.25) is 0 Å². The van der Waals surface area contributed by atoms with Crippen molar-refractivity contribution in [2.24, 2.45) is 5.41 Å². The quantitative estimate of drug-likeness (QED) is 0.811. The van der Waals surface area contributed by atoms with Crippen molar-refractivity contribution in [1.29, 1.82) is 0 Å². The Kier molecular flexibility index (Phi) is 4.58. The molecular formula is C15H26N2. The molecule has 0 heterocycles. The van der Waals surface area contributed by atoms with Gasteiger partial charge in [0.1, 0.15) is 0 Å². The summed E-state index contributed by atoms with van der Waals surface area (Å²) in [4.78, 5) is 2.43. The molecule has 0 amide bonds. The summed E-state index contributed by atoms with van der Waals surface area (Å²) in [6.07, 6.45) is 1.08. The predicted octanol–water partition coefficient (Wildman–Crippen LogP) is 3.18. The molecule has 1 aromatic rings. The summed E-state index contributed by atoms with van der Waals surface area (Å²) in [5, 5.41) is 0. The monoisotopic (exact) mass is 234 g/mol. The normalized spacial score (nSPS) is 14.0. The van der Waals surface area contributed by atoms with Gasteiger partial charge in [0.25, 0.3) is 0 Å². The number of rotatable bonds is 4. The van der Waals surface area contributed by atoms with Crippen molar-refractivity contribution in [3.05, 3.63) is 29.8 Å². The Morgan fingerprint density at radius 1 is 1.18 bits per heavy atom. The number of nitrogens with two attached hydrogens (primary N) is 1. The average Bonchev–Trinajstić information content (AvgIpc) is 2.25. The van der Waals surface area contributed by atoms with E-state index in [9.17, 15) is 0 Å². The van der Waals surface area contributed by atoms with Crippen LogP contribution in [0, 0.1) is 5.41 Å². The lowest BCUT2D eigenvalue weighted by atomic mass is 9.87. The van der Waals surface area contributed by atoms with Gasteiger partial charge in [0.15, 0.2) is 0 Å². The molecule has 2 N–H and O–H groups in total. The number of benzene rings is 1. The molecule has 1 rings (SSSR count). The highest BCUT2D eigenvalue weighted by Crippen LogP contribution is 2.23. The summed E-state index contributed by atoms with van der Waals surface area (Å²) in [5.41, 5.74) is 8.20. The van der Waals surface area contributed by atoms with E-state index < -0.39 is 0 Å². The van der Waals surface area contributed by atoms with Crippen LogP contribution < -0.4 is 5.73 Å². The minimum Gasteiger partial charge on any atom is -0.399 e. The van der Waals surface area contributed by atoms with Crippen LogP contribution >= 0.6 is 0 Å². The number of nitrogen functional groups attached to an aromatic ring is 1. The molecule has 96 valence electrons. The van der Waals surface area contributed by atoms with Crippen LogP contribution in [-0.2, 0) is 6.42 Å². The third-order valence-electron chi connectivity index (χ3n) is 3.65. The summed E-state index contributed by atoms with van der Waals surface area (Å²) in [5.74, 6) is 0. The first kappa shape index (κ1) is 14.0. The van der Waals surface area contributed by atoms with Gasteiger partial charge in [-0.25, -0.2) is 0 Å². The first-order chi connectivity index (χ1) is 7.80. The Morgan fingerprint density at radius 3 is 2.18 bits per heavy atom. The summed E-state index contributed by atoms with van der Waals surface area (Å²) in [6.45, 7) is 10.2. The van der Waals surface area contributed by atoms with Crippen LogP contribution in [0.5, 0.6) is 0 Å². The van der Waals surface area contributed by atoms with Gasteiger partial charge >= 0.3 is 0 Å². The van der Waals surface area contributed by atoms with Gasteiger partial charge in [-0.2, -0.15) is 0 Å². The van der Waals surface area contributed by atoms with E-state index in [-0.39, 0.29) is 0 Å². The van der Waals surface area contributed by atoms with Crippen LogP contribution in [0.2, 0.25) is 0 Å². The third kappa shape index (κ3) is 4.39. The van der Waals surface area contributed by atoms with E-state index in [1.54, 1.807) is 0 Å². The Hall–Kier alpha value is -1.02. The van der Waals surface area contributed by atoms with Crippen molar-refractivity contribution in [2.45, 2.75) is 40.2 Å². The zero-order valence-corrected chi connectivity index (χ0v) is 11.8. The van der Waals surface area contributed by atoms with Crippen LogP contribution in [0.1, 0.15) is 33.3 Å². The van der Waals surface area contributed by atoms with E-state index in [4.69, 9.17) is 5.73 Å². The van der Waals surface area contributed by atoms with Gasteiger partial charge in [-0.1, -0.05) is 32.9 Å². The van der Waals surface area contributed by atoms with Gasteiger partial charge < -0.3 is 10.6 Å². The second kappa shape index (κ2) is 5.54. The molecule has 1 atom stereocenters. The molecule has 0 aliphatic heterocycles. The number of hydrogen-bond acceptors (Lipinski definition) is 2. The average molecular weight is 234 g/mol. The fourth-order valence-corrected chi connectivity index (χ4v) is 1.84. The Balaban J connectivity index is 2.48. The molecule has 0 bridgehead atoms. The lowest BCUT2D eigenvalue weighted by molar-refractivity contribution is 0.142. The van der Waals surface area contributed by atoms with Crippen molar-refractivity contribution in [3.63, 3.8) is 0 Å². The number of hydrogen-bond donors (Lipinski definition) is 1. The van der Waals surface area contributed by atoms with E-state index in [0.717, 1.165) is 18.7 Å². The molecule has 0 radical (unpaired) electrons. The van der Waals surface area contributed by atoms with Crippen LogP contribution in [0.15, 0.2) is 24.3 Å². The first-order valence-electron chi connectivity index (χ1n) is 6.35. The minimum absolute atomic E-state index is 0.329. The molecule has 0 aliphatic rings. The summed E-state index contributed by atoms with van der Waals surface area (Å²) in [6, 6.07) is 8.76. The van der Waals surface area contributed by atoms with E-state index in [2.05, 4.69) is 51.8 Å². The van der Waals surface area contributed by atoms with Crippen molar-refractivity contribution >= 4 is 5.69 Å². The minimum atomic E-state index is 0.329. The van der Waals surface area contributed by atoms with E-state index in [0.29, 0.717) is 11.5 Å². The van der Waals surface area contributed by atoms with Gasteiger partial charge in [0, 0.05) is 18.3 Å². The summed E-state index contributed by atoms with van der Waals surface area (Å²) in [7, 11) is 2.20. The molecule has 2 nitrogen and oxygen atoms in total. The van der Waals surface area contributed by atoms with Gasteiger partial charge in [-0.05, 0) is 43.5 Å². The molecule has 0 saturated heterocycles. The predicted molar refractivity (Wildman–Crippen MR) is 76.1 cm³/mol. The number of nitrogens with zero attached hydrogens (tertiary/aromatic N) is 1. The molecule has 0 aromatic heterocycles. The van der Waals surface area contributed by atoms with Gasteiger partial charge in [-0.15, -0.1) is 0 Å². The lowest BCUT2D eigenvalue weighted by Crippen LogP contribution is -2.40. The SMILES string of the molecule is CC(N(C)CCc1ccc(N)cc1)C(C)(C)C. The molecule has 0 spiro atoms. The zero-order chi connectivity index (χ0) is 13.1. The fourth-order valence-electron chi connectivity index (χ4n) is 1.84. The van der Waals surface area contributed by atoms with E-state index in [1.165, 1.54) is 5.56 Å². The third-order valence-corrected chi connectivity index (χ3v) is 3.65. The summed E-state index contributed by atoms with van der Waals surface area (Å²) >= 11 is 0. The second-order valence-electron chi connectivity index (χ2n) is 6.01. The number of likely N-dealkylation sites (N-methyl/N-ethyl adjacent to an activating group) is 1. The topological polar surface area (TPSA) is 29.3 Å². The van der Waals surface area contributed by atoms with Gasteiger partial charge in [0.05, 0.1) is 0 Å². The van der Waals surface area contributed by atoms with Crippen LogP contribution in [0.3, 0.4) is 0 Å². The molecule has 0 saturated carbocycles.